The van der Waals surface area contributed by atoms with E-state index in [4.69, 9.17) is 25.7 Å². The van der Waals surface area contributed by atoms with Crippen molar-refractivity contribution in [1.82, 2.24) is 9.88 Å². The Kier molecular flexibility index (Phi) is 11.2. The van der Waals surface area contributed by atoms with Gasteiger partial charge in [-0.05, 0) is 56.7 Å². The zero-order valence-electron chi connectivity index (χ0n) is 20.0. The molecular weight excluding hydrogens is 422 g/mol. The van der Waals surface area contributed by atoms with Gasteiger partial charge in [-0.2, -0.15) is 0 Å². The van der Waals surface area contributed by atoms with E-state index in [2.05, 4.69) is 9.98 Å². The number of hydrogen-bond acceptors (Lipinski definition) is 8. The normalized spacial score (nSPS) is 15.9. The number of pyridine rings is 1. The highest BCUT2D eigenvalue weighted by molar-refractivity contribution is 5.78. The van der Waals surface area contributed by atoms with Gasteiger partial charge in [0.1, 0.15) is 0 Å². The van der Waals surface area contributed by atoms with E-state index in [-0.39, 0.29) is 12.3 Å². The van der Waals surface area contributed by atoms with Crippen molar-refractivity contribution >= 4 is 12.0 Å². The SMILES string of the molecule is CCOC(=O)N(CCc1ccc(C)nc1)C(=CCC(=NC)OCC1CCOCC1)/C(N)=C/N. The fourth-order valence-electron chi connectivity index (χ4n) is 3.39. The molecule has 182 valence electrons. The molecule has 9 nitrogen and oxygen atoms in total. The number of carbonyl (C=O) groups excluding carboxylic acids is 1. The van der Waals surface area contributed by atoms with Crippen LogP contribution in [0.15, 0.2) is 47.0 Å². The van der Waals surface area contributed by atoms with E-state index in [1.165, 1.54) is 11.1 Å². The van der Waals surface area contributed by atoms with E-state index in [1.54, 1.807) is 26.2 Å². The van der Waals surface area contributed by atoms with E-state index in [0.717, 1.165) is 37.3 Å². The number of nitrogens with zero attached hydrogens (tertiary/aromatic N) is 3. The Morgan fingerprint density at radius 2 is 2.09 bits per heavy atom. The quantitative estimate of drug-likeness (QED) is 0.313. The van der Waals surface area contributed by atoms with Gasteiger partial charge in [0, 0.05) is 51.3 Å². The molecule has 0 atom stereocenters. The molecule has 33 heavy (non-hydrogen) atoms. The van der Waals surface area contributed by atoms with Crippen molar-refractivity contribution in [3.63, 3.8) is 0 Å². The summed E-state index contributed by atoms with van der Waals surface area (Å²) in [7, 11) is 1.68. The van der Waals surface area contributed by atoms with Crippen LogP contribution in [-0.4, -0.2) is 61.9 Å². The molecule has 2 heterocycles. The largest absolute Gasteiger partial charge is 0.480 e. The molecule has 1 aromatic rings. The summed E-state index contributed by atoms with van der Waals surface area (Å²) in [4.78, 5) is 22.8. The number of ether oxygens (including phenoxy) is 3. The topological polar surface area (TPSA) is 125 Å². The third kappa shape index (κ3) is 8.76. The molecule has 2 rings (SSSR count). The molecule has 4 N–H and O–H groups in total. The average molecular weight is 460 g/mol. The van der Waals surface area contributed by atoms with Crippen LogP contribution in [-0.2, 0) is 20.6 Å². The molecule has 0 unspecified atom stereocenters. The minimum absolute atomic E-state index is 0.247. The summed E-state index contributed by atoms with van der Waals surface area (Å²) < 4.78 is 16.6. The molecule has 1 aromatic heterocycles. The van der Waals surface area contributed by atoms with Crippen molar-refractivity contribution in [2.75, 3.05) is 40.0 Å². The maximum Gasteiger partial charge on any atom is 0.414 e. The summed E-state index contributed by atoms with van der Waals surface area (Å²) in [6.45, 7) is 6.40. The van der Waals surface area contributed by atoms with Crippen LogP contribution in [0.3, 0.4) is 0 Å². The second-order valence-corrected chi connectivity index (χ2v) is 7.81. The molecule has 0 bridgehead atoms. The zero-order chi connectivity index (χ0) is 24.1. The lowest BCUT2D eigenvalue weighted by atomic mass is 10.0. The lowest BCUT2D eigenvalue weighted by molar-refractivity contribution is 0.0474. The summed E-state index contributed by atoms with van der Waals surface area (Å²) in [5.41, 5.74) is 14.6. The highest BCUT2D eigenvalue weighted by Gasteiger charge is 2.22. The van der Waals surface area contributed by atoms with E-state index < -0.39 is 6.09 Å². The Morgan fingerprint density at radius 1 is 1.33 bits per heavy atom. The minimum Gasteiger partial charge on any atom is -0.480 e. The van der Waals surface area contributed by atoms with E-state index in [9.17, 15) is 4.79 Å². The van der Waals surface area contributed by atoms with Crippen molar-refractivity contribution in [3.8, 4) is 0 Å². The van der Waals surface area contributed by atoms with Gasteiger partial charge in [-0.3, -0.25) is 14.9 Å². The first kappa shape index (κ1) is 26.2. The Balaban J connectivity index is 2.14. The van der Waals surface area contributed by atoms with Crippen molar-refractivity contribution in [2.24, 2.45) is 22.4 Å². The fraction of sp³-hybridized carbons (Fsp3) is 0.542. The predicted octanol–water partition coefficient (Wildman–Crippen LogP) is 2.90. The maximum atomic E-state index is 12.8. The van der Waals surface area contributed by atoms with Crippen LogP contribution in [0.2, 0.25) is 0 Å². The smallest absolute Gasteiger partial charge is 0.414 e. The Bertz CT molecular complexity index is 830. The third-order valence-electron chi connectivity index (χ3n) is 5.40. The van der Waals surface area contributed by atoms with Gasteiger partial charge in [0.2, 0.25) is 0 Å². The molecule has 9 heteroatoms. The first-order valence-corrected chi connectivity index (χ1v) is 11.4. The van der Waals surface area contributed by atoms with Gasteiger partial charge in [0.05, 0.1) is 24.6 Å². The number of aryl methyl sites for hydroxylation is 1. The van der Waals surface area contributed by atoms with E-state index in [1.807, 2.05) is 19.1 Å². The summed E-state index contributed by atoms with van der Waals surface area (Å²) in [5, 5.41) is 0. The van der Waals surface area contributed by atoms with Gasteiger partial charge in [-0.1, -0.05) is 6.07 Å². The number of hydrogen-bond donors (Lipinski definition) is 2. The van der Waals surface area contributed by atoms with Gasteiger partial charge < -0.3 is 25.7 Å². The second kappa shape index (κ2) is 14.2. The summed E-state index contributed by atoms with van der Waals surface area (Å²) in [5.74, 6) is 1.02. The molecule has 0 radical (unpaired) electrons. The van der Waals surface area contributed by atoms with Gasteiger partial charge in [-0.15, -0.1) is 0 Å². The molecule has 0 spiro atoms. The van der Waals surface area contributed by atoms with E-state index >= 15 is 0 Å². The Hall–Kier alpha value is -3.07. The summed E-state index contributed by atoms with van der Waals surface area (Å²) in [6, 6.07) is 3.93. The minimum atomic E-state index is -0.494. The molecule has 1 aliphatic heterocycles. The molecule has 1 aliphatic rings. The first-order valence-electron chi connectivity index (χ1n) is 11.4. The van der Waals surface area contributed by atoms with Crippen LogP contribution in [0.1, 0.15) is 37.4 Å². The number of rotatable bonds is 10. The second-order valence-electron chi connectivity index (χ2n) is 7.81. The number of nitrogens with two attached hydrogens (primary N) is 2. The first-order chi connectivity index (χ1) is 16.0. The van der Waals surface area contributed by atoms with Crippen LogP contribution in [0.25, 0.3) is 0 Å². The van der Waals surface area contributed by atoms with Gasteiger partial charge >= 0.3 is 6.09 Å². The van der Waals surface area contributed by atoms with Gasteiger partial charge in [0.25, 0.3) is 0 Å². The lowest BCUT2D eigenvalue weighted by Gasteiger charge is -2.25. The Labute approximate surface area is 196 Å². The van der Waals surface area contributed by atoms with E-state index in [0.29, 0.717) is 43.5 Å². The van der Waals surface area contributed by atoms with Crippen LogP contribution in [0, 0.1) is 12.8 Å². The van der Waals surface area contributed by atoms with Gasteiger partial charge in [0.15, 0.2) is 5.90 Å². The number of aromatic nitrogens is 1. The molecule has 1 fully saturated rings. The molecule has 0 aliphatic carbocycles. The summed E-state index contributed by atoms with van der Waals surface area (Å²) in [6.07, 6.45) is 7.29. The molecular formula is C24H37N5O4. The lowest BCUT2D eigenvalue weighted by Crippen LogP contribution is -2.35. The molecule has 0 saturated carbocycles. The van der Waals surface area contributed by atoms with Crippen molar-refractivity contribution in [3.05, 3.63) is 53.3 Å². The van der Waals surface area contributed by atoms with Crippen molar-refractivity contribution in [2.45, 2.75) is 39.5 Å². The molecule has 1 amide bonds. The summed E-state index contributed by atoms with van der Waals surface area (Å²) >= 11 is 0. The molecule has 1 saturated heterocycles. The predicted molar refractivity (Wildman–Crippen MR) is 128 cm³/mol. The highest BCUT2D eigenvalue weighted by atomic mass is 16.6. The van der Waals surface area contributed by atoms with Gasteiger partial charge in [-0.25, -0.2) is 4.79 Å². The fourth-order valence-corrected chi connectivity index (χ4v) is 3.39. The Morgan fingerprint density at radius 3 is 2.70 bits per heavy atom. The highest BCUT2D eigenvalue weighted by Crippen LogP contribution is 2.18. The average Bonchev–Trinajstić information content (AvgIpc) is 2.84. The standard InChI is InChI=1S/C24H37N5O4/c1-4-32-24(30)29(12-9-19-6-5-18(2)28-16-19)22(21(26)15-25)7-8-23(27-3)33-17-20-10-13-31-14-11-20/h5-7,15-16,20H,4,8-14,17,25-26H2,1-3H3/b21-15-,22-7?,27-23?. The zero-order valence-corrected chi connectivity index (χ0v) is 20.0. The van der Waals surface area contributed by atoms with Crippen LogP contribution in [0.4, 0.5) is 4.79 Å². The molecule has 0 aromatic carbocycles. The maximum absolute atomic E-state index is 12.8. The van der Waals surface area contributed by atoms with Crippen LogP contribution in [0.5, 0.6) is 0 Å². The van der Waals surface area contributed by atoms with Crippen molar-refractivity contribution in [1.29, 1.82) is 0 Å². The third-order valence-corrected chi connectivity index (χ3v) is 5.40. The number of amides is 1. The monoisotopic (exact) mass is 459 g/mol. The number of carbonyl (C=O) groups is 1. The number of aliphatic imine (C=N–C) groups is 1. The van der Waals surface area contributed by atoms with Crippen LogP contribution >= 0.6 is 0 Å². The van der Waals surface area contributed by atoms with Crippen molar-refractivity contribution < 1.29 is 19.0 Å². The van der Waals surface area contributed by atoms with Crippen LogP contribution < -0.4 is 11.5 Å².